The van der Waals surface area contributed by atoms with Crippen LogP contribution in [0.15, 0.2) is 42.6 Å². The van der Waals surface area contributed by atoms with Crippen LogP contribution >= 0.6 is 11.6 Å². The SMILES string of the molecule is O=C(NC(Cc1ccc(OC2COC2)nc1)CN1CCCC1)[C@@H]1CCN(c2ccc(Cl)cc2)C1. The summed E-state index contributed by atoms with van der Waals surface area (Å²) in [4.78, 5) is 22.4. The van der Waals surface area contributed by atoms with Crippen LogP contribution in [0.2, 0.25) is 5.02 Å². The zero-order valence-electron chi connectivity index (χ0n) is 19.5. The molecule has 4 heterocycles. The maximum absolute atomic E-state index is 13.2. The summed E-state index contributed by atoms with van der Waals surface area (Å²) in [5.74, 6) is 0.777. The van der Waals surface area contributed by atoms with E-state index in [1.54, 1.807) is 0 Å². The fourth-order valence-corrected chi connectivity index (χ4v) is 5.08. The Hall–Kier alpha value is -2.35. The van der Waals surface area contributed by atoms with E-state index < -0.39 is 0 Å². The second-order valence-corrected chi connectivity index (χ2v) is 10.0. The third-order valence-electron chi connectivity index (χ3n) is 6.95. The molecule has 7 nitrogen and oxygen atoms in total. The Bertz CT molecular complexity index is 946. The first-order valence-corrected chi connectivity index (χ1v) is 12.7. The van der Waals surface area contributed by atoms with Gasteiger partial charge in [0.25, 0.3) is 0 Å². The van der Waals surface area contributed by atoms with E-state index in [1.807, 2.05) is 36.5 Å². The van der Waals surface area contributed by atoms with Gasteiger partial charge in [-0.1, -0.05) is 17.7 Å². The van der Waals surface area contributed by atoms with Gasteiger partial charge in [-0.15, -0.1) is 0 Å². The largest absolute Gasteiger partial charge is 0.469 e. The second kappa shape index (κ2) is 10.9. The lowest BCUT2D eigenvalue weighted by Gasteiger charge is -2.27. The fraction of sp³-hybridized carbons (Fsp3) is 0.538. The topological polar surface area (TPSA) is 66.9 Å². The number of halogens is 1. The number of carbonyl (C=O) groups is 1. The van der Waals surface area contributed by atoms with E-state index in [-0.39, 0.29) is 24.0 Å². The minimum Gasteiger partial charge on any atom is -0.469 e. The quantitative estimate of drug-likeness (QED) is 0.589. The highest BCUT2D eigenvalue weighted by Crippen LogP contribution is 2.25. The van der Waals surface area contributed by atoms with Gasteiger partial charge in [-0.3, -0.25) is 4.79 Å². The van der Waals surface area contributed by atoms with Gasteiger partial charge in [-0.2, -0.15) is 0 Å². The zero-order chi connectivity index (χ0) is 23.3. The molecule has 0 radical (unpaired) electrons. The van der Waals surface area contributed by atoms with Gasteiger partial charge >= 0.3 is 0 Å². The first kappa shape index (κ1) is 23.4. The minimum absolute atomic E-state index is 0.00430. The normalized spacial score (nSPS) is 21.9. The van der Waals surface area contributed by atoms with Crippen LogP contribution < -0.4 is 15.0 Å². The number of carbonyl (C=O) groups excluding carboxylic acids is 1. The fourth-order valence-electron chi connectivity index (χ4n) is 4.96. The monoisotopic (exact) mass is 484 g/mol. The first-order valence-electron chi connectivity index (χ1n) is 12.3. The molecule has 1 N–H and O–H groups in total. The number of amides is 1. The number of hydrogen-bond acceptors (Lipinski definition) is 6. The molecule has 3 fully saturated rings. The molecule has 34 heavy (non-hydrogen) atoms. The van der Waals surface area contributed by atoms with Crippen molar-refractivity contribution in [3.8, 4) is 5.88 Å². The summed E-state index contributed by atoms with van der Waals surface area (Å²) < 4.78 is 10.9. The van der Waals surface area contributed by atoms with Gasteiger partial charge in [-0.25, -0.2) is 4.98 Å². The number of nitrogens with one attached hydrogen (secondary N) is 1. The van der Waals surface area contributed by atoms with E-state index in [1.165, 1.54) is 12.8 Å². The van der Waals surface area contributed by atoms with Gasteiger partial charge < -0.3 is 24.6 Å². The van der Waals surface area contributed by atoms with Crippen molar-refractivity contribution in [1.82, 2.24) is 15.2 Å². The molecular formula is C26H33ClN4O3. The predicted octanol–water partition coefficient (Wildman–Crippen LogP) is 3.16. The van der Waals surface area contributed by atoms with E-state index >= 15 is 0 Å². The van der Waals surface area contributed by atoms with Gasteiger partial charge in [0.15, 0.2) is 0 Å². The highest BCUT2D eigenvalue weighted by atomic mass is 35.5. The van der Waals surface area contributed by atoms with E-state index in [2.05, 4.69) is 26.2 Å². The Morgan fingerprint density at radius 3 is 2.62 bits per heavy atom. The number of rotatable bonds is 9. The van der Waals surface area contributed by atoms with Crippen molar-refractivity contribution < 1.29 is 14.3 Å². The van der Waals surface area contributed by atoms with Crippen LogP contribution in [0.1, 0.15) is 24.8 Å². The van der Waals surface area contributed by atoms with E-state index in [4.69, 9.17) is 21.1 Å². The molecule has 0 bridgehead atoms. The van der Waals surface area contributed by atoms with E-state index in [0.717, 1.165) is 61.8 Å². The number of ether oxygens (including phenoxy) is 2. The molecule has 1 aromatic heterocycles. The average molecular weight is 485 g/mol. The lowest BCUT2D eigenvalue weighted by Crippen LogP contribution is -2.46. The molecule has 0 aliphatic carbocycles. The lowest BCUT2D eigenvalue weighted by molar-refractivity contribution is -0.125. The van der Waals surface area contributed by atoms with Crippen LogP contribution in [0, 0.1) is 5.92 Å². The highest BCUT2D eigenvalue weighted by molar-refractivity contribution is 6.30. The predicted molar refractivity (Wildman–Crippen MR) is 133 cm³/mol. The highest BCUT2D eigenvalue weighted by Gasteiger charge is 2.30. The Balaban J connectivity index is 1.19. The molecule has 1 amide bonds. The molecule has 3 saturated heterocycles. The van der Waals surface area contributed by atoms with Crippen LogP contribution in [-0.4, -0.2) is 73.9 Å². The summed E-state index contributed by atoms with van der Waals surface area (Å²) in [6.45, 7) is 5.96. The number of anilines is 1. The number of pyridine rings is 1. The van der Waals surface area contributed by atoms with Crippen molar-refractivity contribution >= 4 is 23.2 Å². The van der Waals surface area contributed by atoms with Crippen molar-refractivity contribution in [1.29, 1.82) is 0 Å². The summed E-state index contributed by atoms with van der Waals surface area (Å²) in [5.41, 5.74) is 2.23. The second-order valence-electron chi connectivity index (χ2n) is 9.61. The van der Waals surface area contributed by atoms with Crippen LogP contribution in [0.5, 0.6) is 5.88 Å². The third kappa shape index (κ3) is 6.01. The van der Waals surface area contributed by atoms with E-state index in [9.17, 15) is 4.79 Å². The van der Waals surface area contributed by atoms with Crippen LogP contribution in [0.4, 0.5) is 5.69 Å². The summed E-state index contributed by atoms with van der Waals surface area (Å²) >= 11 is 6.03. The van der Waals surface area contributed by atoms with E-state index in [0.29, 0.717) is 19.1 Å². The lowest BCUT2D eigenvalue weighted by atomic mass is 10.0. The summed E-state index contributed by atoms with van der Waals surface area (Å²) in [6, 6.07) is 11.9. The number of hydrogen-bond donors (Lipinski definition) is 1. The van der Waals surface area contributed by atoms with Gasteiger partial charge in [0.1, 0.15) is 6.10 Å². The van der Waals surface area contributed by atoms with Crippen molar-refractivity contribution in [2.45, 2.75) is 37.8 Å². The Morgan fingerprint density at radius 1 is 1.15 bits per heavy atom. The smallest absolute Gasteiger partial charge is 0.225 e. The Labute approximate surface area is 206 Å². The van der Waals surface area contributed by atoms with Crippen molar-refractivity contribution in [2.24, 2.45) is 5.92 Å². The van der Waals surface area contributed by atoms with Gasteiger partial charge in [-0.05, 0) is 68.6 Å². The molecule has 5 rings (SSSR count). The molecule has 182 valence electrons. The molecule has 3 aliphatic rings. The number of aromatic nitrogens is 1. The van der Waals surface area contributed by atoms with Crippen LogP contribution in [0.3, 0.4) is 0 Å². The number of likely N-dealkylation sites (tertiary alicyclic amines) is 1. The van der Waals surface area contributed by atoms with Gasteiger partial charge in [0.05, 0.1) is 19.1 Å². The summed E-state index contributed by atoms with van der Waals surface area (Å²) in [5, 5.41) is 4.11. The number of nitrogens with zero attached hydrogens (tertiary/aromatic N) is 3. The minimum atomic E-state index is -0.00430. The Kier molecular flexibility index (Phi) is 7.52. The van der Waals surface area contributed by atoms with Crippen molar-refractivity contribution in [2.75, 3.05) is 50.8 Å². The average Bonchev–Trinajstić information content (AvgIpc) is 3.50. The molecule has 3 aliphatic heterocycles. The van der Waals surface area contributed by atoms with Gasteiger partial charge in [0.2, 0.25) is 11.8 Å². The molecule has 2 aromatic rings. The maximum Gasteiger partial charge on any atom is 0.225 e. The number of benzene rings is 1. The standard InChI is InChI=1S/C26H33ClN4O3/c27-21-4-6-23(7-5-21)31-12-9-20(15-31)26(32)29-22(16-30-10-1-2-11-30)13-19-3-8-25(28-14-19)34-24-17-33-18-24/h3-8,14,20,22,24H,1-2,9-13,15-18H2,(H,29,32)/t20-,22?/m1/s1. The molecule has 1 unspecified atom stereocenters. The summed E-state index contributed by atoms with van der Waals surface area (Å²) in [7, 11) is 0. The molecule has 8 heteroatoms. The van der Waals surface area contributed by atoms with Crippen LogP contribution in [0.25, 0.3) is 0 Å². The third-order valence-corrected chi connectivity index (χ3v) is 7.20. The molecule has 0 spiro atoms. The molecule has 1 aromatic carbocycles. The summed E-state index contributed by atoms with van der Waals surface area (Å²) in [6.07, 6.45) is 6.07. The zero-order valence-corrected chi connectivity index (χ0v) is 20.3. The first-order chi connectivity index (χ1) is 16.6. The van der Waals surface area contributed by atoms with Crippen molar-refractivity contribution in [3.63, 3.8) is 0 Å². The van der Waals surface area contributed by atoms with Gasteiger partial charge in [0, 0.05) is 48.6 Å². The van der Waals surface area contributed by atoms with Crippen LogP contribution in [-0.2, 0) is 16.0 Å². The van der Waals surface area contributed by atoms with Crippen molar-refractivity contribution in [3.05, 3.63) is 53.2 Å². The molecule has 2 atom stereocenters. The Morgan fingerprint density at radius 2 is 1.94 bits per heavy atom. The molecular weight excluding hydrogens is 452 g/mol. The maximum atomic E-state index is 13.2. The molecule has 0 saturated carbocycles.